The van der Waals surface area contributed by atoms with Crippen LogP contribution >= 0.6 is 0 Å². The van der Waals surface area contributed by atoms with Gasteiger partial charge in [0.05, 0.1) is 20.0 Å². The zero-order valence-electron chi connectivity index (χ0n) is 13.2. The number of aromatic hydroxyl groups is 1. The van der Waals surface area contributed by atoms with E-state index in [0.717, 1.165) is 43.6 Å². The number of hydrogen-bond acceptors (Lipinski definition) is 4. The molecule has 1 aliphatic heterocycles. The van der Waals surface area contributed by atoms with Crippen LogP contribution in [0.3, 0.4) is 0 Å². The van der Waals surface area contributed by atoms with Crippen LogP contribution < -0.4 is 10.1 Å². The van der Waals surface area contributed by atoms with Gasteiger partial charge in [0.1, 0.15) is 0 Å². The highest BCUT2D eigenvalue weighted by Gasteiger charge is 2.55. The average Bonchev–Trinajstić information content (AvgIpc) is 2.53. The van der Waals surface area contributed by atoms with E-state index in [1.165, 1.54) is 5.56 Å². The number of nitrogens with one attached hydrogen (secondary N) is 1. The molecule has 0 saturated carbocycles. The van der Waals surface area contributed by atoms with Crippen molar-refractivity contribution >= 4 is 0 Å². The number of phenolic OH excluding ortho intramolecular Hbond substituents is 1. The van der Waals surface area contributed by atoms with Gasteiger partial charge in [0.15, 0.2) is 11.5 Å². The minimum Gasteiger partial charge on any atom is -0.504 e. The molecule has 1 fully saturated rings. The fourth-order valence-electron chi connectivity index (χ4n) is 5.04. The monoisotopic (exact) mass is 301 g/mol. The SMILES string of the molecule is COC1=CCCC23CCNC(Cc4ccc(OC)c(O)c42)C13. The van der Waals surface area contributed by atoms with Gasteiger partial charge in [0.25, 0.3) is 0 Å². The summed E-state index contributed by atoms with van der Waals surface area (Å²) in [5, 5.41) is 14.5. The van der Waals surface area contributed by atoms with Crippen molar-refractivity contribution < 1.29 is 14.6 Å². The quantitative estimate of drug-likeness (QED) is 0.881. The molecule has 118 valence electrons. The van der Waals surface area contributed by atoms with Gasteiger partial charge >= 0.3 is 0 Å². The van der Waals surface area contributed by atoms with E-state index in [2.05, 4.69) is 17.5 Å². The molecule has 1 heterocycles. The summed E-state index contributed by atoms with van der Waals surface area (Å²) in [6, 6.07) is 4.40. The minimum atomic E-state index is -0.0256. The molecule has 4 nitrogen and oxygen atoms in total. The van der Waals surface area contributed by atoms with Gasteiger partial charge in [0, 0.05) is 22.9 Å². The van der Waals surface area contributed by atoms with E-state index >= 15 is 0 Å². The number of phenols is 1. The maximum absolute atomic E-state index is 10.8. The molecule has 1 aromatic rings. The van der Waals surface area contributed by atoms with Gasteiger partial charge < -0.3 is 19.9 Å². The van der Waals surface area contributed by atoms with Gasteiger partial charge in [-0.05, 0) is 49.9 Å². The lowest BCUT2D eigenvalue weighted by Gasteiger charge is -2.55. The Kier molecular flexibility index (Phi) is 3.12. The van der Waals surface area contributed by atoms with Crippen LogP contribution in [0.1, 0.15) is 30.4 Å². The highest BCUT2D eigenvalue weighted by atomic mass is 16.5. The van der Waals surface area contributed by atoms with Gasteiger partial charge in [-0.3, -0.25) is 0 Å². The summed E-state index contributed by atoms with van der Waals surface area (Å²) < 4.78 is 11.1. The summed E-state index contributed by atoms with van der Waals surface area (Å²) in [5.74, 6) is 2.31. The number of methoxy groups -OCH3 is 2. The maximum Gasteiger partial charge on any atom is 0.161 e. The summed E-state index contributed by atoms with van der Waals surface area (Å²) in [6.45, 7) is 0.994. The van der Waals surface area contributed by atoms with Crippen molar-refractivity contribution in [3.63, 3.8) is 0 Å². The van der Waals surface area contributed by atoms with Crippen LogP contribution in [0.5, 0.6) is 11.5 Å². The van der Waals surface area contributed by atoms with Gasteiger partial charge in [-0.2, -0.15) is 0 Å². The van der Waals surface area contributed by atoms with E-state index in [0.29, 0.717) is 23.5 Å². The van der Waals surface area contributed by atoms with Gasteiger partial charge in [0.2, 0.25) is 0 Å². The normalized spacial score (nSPS) is 32.5. The van der Waals surface area contributed by atoms with Crippen molar-refractivity contribution in [1.29, 1.82) is 0 Å². The standard InChI is InChI=1S/C18H23NO3/c1-21-13-4-3-7-18-8-9-19-12(16(13)18)10-11-5-6-14(22-2)17(20)15(11)18/h4-6,12,16,19-20H,3,7-10H2,1-2H3. The largest absolute Gasteiger partial charge is 0.504 e. The van der Waals surface area contributed by atoms with E-state index in [9.17, 15) is 5.11 Å². The van der Waals surface area contributed by atoms with Crippen LogP contribution in [0.4, 0.5) is 0 Å². The van der Waals surface area contributed by atoms with Crippen LogP contribution in [0.25, 0.3) is 0 Å². The lowest BCUT2D eigenvalue weighted by Crippen LogP contribution is -2.60. The third-order valence-corrected chi connectivity index (χ3v) is 5.84. The summed E-state index contributed by atoms with van der Waals surface area (Å²) in [7, 11) is 3.38. The Hall–Kier alpha value is -1.68. The fraction of sp³-hybridized carbons (Fsp3) is 0.556. The van der Waals surface area contributed by atoms with Gasteiger partial charge in [-0.1, -0.05) is 6.07 Å². The first-order chi connectivity index (χ1) is 10.7. The molecule has 0 aromatic heterocycles. The van der Waals surface area contributed by atoms with Crippen LogP contribution in [0.2, 0.25) is 0 Å². The lowest BCUT2D eigenvalue weighted by molar-refractivity contribution is 0.0769. The molecule has 4 rings (SSSR count). The topological polar surface area (TPSA) is 50.7 Å². The minimum absolute atomic E-state index is 0.0256. The van der Waals surface area contributed by atoms with Gasteiger partial charge in [-0.25, -0.2) is 0 Å². The molecular formula is C18H23NO3. The highest BCUT2D eigenvalue weighted by molar-refractivity contribution is 5.57. The Balaban J connectivity index is 1.95. The van der Waals surface area contributed by atoms with E-state index in [1.54, 1.807) is 14.2 Å². The molecule has 0 radical (unpaired) electrons. The number of allylic oxidation sites excluding steroid dienone is 1. The third-order valence-electron chi connectivity index (χ3n) is 5.84. The Morgan fingerprint density at radius 3 is 2.86 bits per heavy atom. The number of benzene rings is 1. The van der Waals surface area contributed by atoms with Crippen molar-refractivity contribution in [1.82, 2.24) is 5.32 Å². The smallest absolute Gasteiger partial charge is 0.161 e. The van der Waals surface area contributed by atoms with E-state index in [4.69, 9.17) is 9.47 Å². The molecule has 4 heteroatoms. The molecule has 1 aromatic carbocycles. The number of rotatable bonds is 2. The molecule has 2 N–H and O–H groups in total. The van der Waals surface area contributed by atoms with Crippen molar-refractivity contribution in [3.8, 4) is 11.5 Å². The molecule has 3 aliphatic rings. The Labute approximate surface area is 131 Å². The molecular weight excluding hydrogens is 278 g/mol. The number of hydrogen-bond donors (Lipinski definition) is 2. The van der Waals surface area contributed by atoms with Crippen molar-refractivity contribution in [2.45, 2.75) is 37.1 Å². The zero-order chi connectivity index (χ0) is 15.3. The van der Waals surface area contributed by atoms with E-state index in [1.807, 2.05) is 6.07 Å². The first kappa shape index (κ1) is 13.9. The van der Waals surface area contributed by atoms with Crippen molar-refractivity contribution in [2.75, 3.05) is 20.8 Å². The van der Waals surface area contributed by atoms with Crippen LogP contribution in [0, 0.1) is 5.92 Å². The molecule has 1 saturated heterocycles. The molecule has 0 spiro atoms. The number of ether oxygens (including phenoxy) is 2. The molecule has 2 bridgehead atoms. The van der Waals surface area contributed by atoms with Crippen LogP contribution in [0.15, 0.2) is 24.0 Å². The molecule has 3 atom stereocenters. The molecule has 22 heavy (non-hydrogen) atoms. The second-order valence-corrected chi connectivity index (χ2v) is 6.65. The summed E-state index contributed by atoms with van der Waals surface area (Å²) >= 11 is 0. The predicted octanol–water partition coefficient (Wildman–Crippen LogP) is 2.50. The van der Waals surface area contributed by atoms with Crippen molar-refractivity contribution in [3.05, 3.63) is 35.1 Å². The van der Waals surface area contributed by atoms with Gasteiger partial charge in [-0.15, -0.1) is 0 Å². The molecule has 2 aliphatic carbocycles. The Bertz CT molecular complexity index is 639. The number of piperidine rings is 1. The summed E-state index contributed by atoms with van der Waals surface area (Å²) in [6.07, 6.45) is 6.26. The second-order valence-electron chi connectivity index (χ2n) is 6.65. The fourth-order valence-corrected chi connectivity index (χ4v) is 5.04. The molecule has 3 unspecified atom stereocenters. The Morgan fingerprint density at radius 1 is 1.23 bits per heavy atom. The van der Waals surface area contributed by atoms with E-state index < -0.39 is 0 Å². The third kappa shape index (κ3) is 1.67. The lowest BCUT2D eigenvalue weighted by atomic mass is 9.53. The first-order valence-corrected chi connectivity index (χ1v) is 8.08. The van der Waals surface area contributed by atoms with Crippen LogP contribution in [-0.2, 0) is 16.6 Å². The highest BCUT2D eigenvalue weighted by Crippen LogP contribution is 2.57. The second kappa shape index (κ2) is 4.92. The number of fused-ring (bicyclic) bond motifs is 1. The zero-order valence-corrected chi connectivity index (χ0v) is 13.2. The first-order valence-electron chi connectivity index (χ1n) is 8.08. The average molecular weight is 301 g/mol. The summed E-state index contributed by atoms with van der Waals surface area (Å²) in [5.41, 5.74) is 2.34. The molecule has 0 amide bonds. The Morgan fingerprint density at radius 2 is 2.09 bits per heavy atom. The summed E-state index contributed by atoms with van der Waals surface area (Å²) in [4.78, 5) is 0. The maximum atomic E-state index is 10.8. The van der Waals surface area contributed by atoms with Crippen molar-refractivity contribution in [2.24, 2.45) is 5.92 Å². The van der Waals surface area contributed by atoms with Crippen LogP contribution in [-0.4, -0.2) is 31.9 Å². The van der Waals surface area contributed by atoms with E-state index in [-0.39, 0.29) is 5.41 Å². The predicted molar refractivity (Wildman–Crippen MR) is 84.3 cm³/mol.